The van der Waals surface area contributed by atoms with Crippen LogP contribution in [0, 0.1) is 0 Å². The average molecular weight is 233 g/mol. The third-order valence-electron chi connectivity index (χ3n) is 3.20. The zero-order chi connectivity index (χ0) is 12.1. The van der Waals surface area contributed by atoms with E-state index < -0.39 is 24.4 Å². The van der Waals surface area contributed by atoms with E-state index in [1.807, 2.05) is 4.90 Å². The van der Waals surface area contributed by atoms with Crippen LogP contribution in [0.3, 0.4) is 0 Å². The summed E-state index contributed by atoms with van der Waals surface area (Å²) in [5.74, 6) is 0. The topological polar surface area (TPSA) is 84.2 Å². The van der Waals surface area contributed by atoms with Gasteiger partial charge in [0.25, 0.3) is 0 Å². The number of aliphatic hydroxyl groups is 4. The van der Waals surface area contributed by atoms with E-state index in [1.54, 1.807) is 0 Å². The monoisotopic (exact) mass is 233 g/mol. The minimum absolute atomic E-state index is 0.167. The highest BCUT2D eigenvalue weighted by molar-refractivity contribution is 4.89. The zero-order valence-corrected chi connectivity index (χ0v) is 9.79. The molecule has 4 N–H and O–H groups in total. The van der Waals surface area contributed by atoms with Gasteiger partial charge in [0.05, 0.1) is 31.0 Å². The summed E-state index contributed by atoms with van der Waals surface area (Å²) in [6.45, 7) is 2.99. The highest BCUT2D eigenvalue weighted by atomic mass is 16.3. The molecule has 0 aromatic carbocycles. The van der Waals surface area contributed by atoms with E-state index in [4.69, 9.17) is 0 Å². The number of likely N-dealkylation sites (tertiary alicyclic amines) is 1. The standard InChI is InChI=1S/C11H23NO4/c1-2-3-4-12-6-8(14)5-10(15)11(16)9(12)7-13/h8-11,13-16H,2-7H2,1H3/t8-,9?,10?,11+/m0/s1. The Morgan fingerprint density at radius 1 is 1.25 bits per heavy atom. The van der Waals surface area contributed by atoms with Crippen molar-refractivity contribution in [3.05, 3.63) is 0 Å². The number of hydrogen-bond donors (Lipinski definition) is 4. The maximum Gasteiger partial charge on any atom is 0.0977 e. The quantitative estimate of drug-likeness (QED) is 0.497. The number of nitrogens with zero attached hydrogens (tertiary/aromatic N) is 1. The second-order valence-corrected chi connectivity index (χ2v) is 4.55. The maximum absolute atomic E-state index is 9.84. The minimum Gasteiger partial charge on any atom is -0.395 e. The molecule has 0 aromatic heterocycles. The van der Waals surface area contributed by atoms with Gasteiger partial charge >= 0.3 is 0 Å². The zero-order valence-electron chi connectivity index (χ0n) is 9.79. The molecule has 0 amide bonds. The largest absolute Gasteiger partial charge is 0.395 e. The lowest BCUT2D eigenvalue weighted by atomic mass is 10.0. The fourth-order valence-corrected chi connectivity index (χ4v) is 2.21. The fraction of sp³-hybridized carbons (Fsp3) is 1.00. The first kappa shape index (κ1) is 13.9. The molecule has 5 nitrogen and oxygen atoms in total. The Bertz CT molecular complexity index is 202. The van der Waals surface area contributed by atoms with Crippen LogP contribution < -0.4 is 0 Å². The van der Waals surface area contributed by atoms with Crippen LogP contribution >= 0.6 is 0 Å². The molecule has 0 spiro atoms. The van der Waals surface area contributed by atoms with Gasteiger partial charge in [0, 0.05) is 13.0 Å². The van der Waals surface area contributed by atoms with Gasteiger partial charge in [0.1, 0.15) is 0 Å². The van der Waals surface area contributed by atoms with Crippen LogP contribution in [0.2, 0.25) is 0 Å². The van der Waals surface area contributed by atoms with Crippen LogP contribution in [0.5, 0.6) is 0 Å². The number of aliphatic hydroxyl groups excluding tert-OH is 4. The number of β-amino-alcohol motifs (C(OH)–C–C–N with tert-alkyl or cyclic N) is 1. The third-order valence-corrected chi connectivity index (χ3v) is 3.20. The summed E-state index contributed by atoms with van der Waals surface area (Å²) >= 11 is 0. The Morgan fingerprint density at radius 2 is 1.94 bits per heavy atom. The van der Waals surface area contributed by atoms with Gasteiger partial charge in [-0.3, -0.25) is 4.90 Å². The first-order valence-corrected chi connectivity index (χ1v) is 5.99. The molecular weight excluding hydrogens is 210 g/mol. The molecule has 0 bridgehead atoms. The van der Waals surface area contributed by atoms with Crippen molar-refractivity contribution >= 4 is 0 Å². The summed E-state index contributed by atoms with van der Waals surface area (Å²) in [6, 6.07) is -0.473. The van der Waals surface area contributed by atoms with Gasteiger partial charge in [0.2, 0.25) is 0 Å². The van der Waals surface area contributed by atoms with Crippen molar-refractivity contribution in [3.63, 3.8) is 0 Å². The van der Waals surface area contributed by atoms with E-state index in [2.05, 4.69) is 6.92 Å². The molecule has 1 saturated heterocycles. The second-order valence-electron chi connectivity index (χ2n) is 4.55. The molecule has 1 rings (SSSR count). The molecule has 16 heavy (non-hydrogen) atoms. The minimum atomic E-state index is -0.987. The van der Waals surface area contributed by atoms with Gasteiger partial charge in [-0.1, -0.05) is 13.3 Å². The fourth-order valence-electron chi connectivity index (χ4n) is 2.21. The first-order valence-electron chi connectivity index (χ1n) is 5.99. The lowest BCUT2D eigenvalue weighted by Crippen LogP contribution is -2.49. The van der Waals surface area contributed by atoms with Crippen LogP contribution in [0.15, 0.2) is 0 Å². The molecule has 0 aromatic rings. The lowest BCUT2D eigenvalue weighted by molar-refractivity contribution is -0.0422. The Kier molecular flexibility index (Phi) is 5.64. The maximum atomic E-state index is 9.84. The van der Waals surface area contributed by atoms with Crippen molar-refractivity contribution in [1.29, 1.82) is 0 Å². The smallest absolute Gasteiger partial charge is 0.0977 e. The van der Waals surface area contributed by atoms with E-state index in [1.165, 1.54) is 0 Å². The van der Waals surface area contributed by atoms with Crippen molar-refractivity contribution in [3.8, 4) is 0 Å². The third kappa shape index (κ3) is 3.40. The molecular formula is C11H23NO4. The van der Waals surface area contributed by atoms with Gasteiger partial charge in [-0.05, 0) is 13.0 Å². The summed E-state index contributed by atoms with van der Waals surface area (Å²) in [4.78, 5) is 1.87. The summed E-state index contributed by atoms with van der Waals surface area (Å²) in [7, 11) is 0. The van der Waals surface area contributed by atoms with Crippen molar-refractivity contribution in [2.45, 2.75) is 50.5 Å². The Morgan fingerprint density at radius 3 is 2.50 bits per heavy atom. The summed E-state index contributed by atoms with van der Waals surface area (Å²) in [5, 5.41) is 38.4. The van der Waals surface area contributed by atoms with Gasteiger partial charge in [0.15, 0.2) is 0 Å². The van der Waals surface area contributed by atoms with Crippen molar-refractivity contribution < 1.29 is 20.4 Å². The van der Waals surface area contributed by atoms with Crippen LogP contribution in [0.25, 0.3) is 0 Å². The number of rotatable bonds is 4. The summed E-state index contributed by atoms with van der Waals surface area (Å²) in [5.41, 5.74) is 0. The molecule has 1 fully saturated rings. The molecule has 2 unspecified atom stereocenters. The summed E-state index contributed by atoms with van der Waals surface area (Å²) < 4.78 is 0. The van der Waals surface area contributed by atoms with Gasteiger partial charge < -0.3 is 20.4 Å². The van der Waals surface area contributed by atoms with Crippen LogP contribution in [0.1, 0.15) is 26.2 Å². The highest BCUT2D eigenvalue weighted by Crippen LogP contribution is 2.18. The number of unbranched alkanes of at least 4 members (excludes halogenated alkanes) is 1. The van der Waals surface area contributed by atoms with Gasteiger partial charge in [-0.2, -0.15) is 0 Å². The van der Waals surface area contributed by atoms with Crippen LogP contribution in [0.4, 0.5) is 0 Å². The van der Waals surface area contributed by atoms with Crippen LogP contribution in [-0.4, -0.2) is 69.4 Å². The Hall–Kier alpha value is -0.200. The normalized spacial score (nSPS) is 37.3. The van der Waals surface area contributed by atoms with Crippen molar-refractivity contribution in [2.75, 3.05) is 19.7 Å². The first-order chi connectivity index (χ1) is 7.60. The lowest BCUT2D eigenvalue weighted by Gasteiger charge is -2.32. The molecule has 4 atom stereocenters. The van der Waals surface area contributed by atoms with E-state index in [-0.39, 0.29) is 13.0 Å². The molecule has 0 saturated carbocycles. The highest BCUT2D eigenvalue weighted by Gasteiger charge is 2.36. The molecule has 0 aliphatic carbocycles. The van der Waals surface area contributed by atoms with Crippen LogP contribution in [-0.2, 0) is 0 Å². The summed E-state index contributed by atoms with van der Waals surface area (Å²) in [6.07, 6.45) is -0.453. The molecule has 1 heterocycles. The molecule has 0 radical (unpaired) electrons. The van der Waals surface area contributed by atoms with Crippen molar-refractivity contribution in [2.24, 2.45) is 0 Å². The SMILES string of the molecule is CCCCN1C[C@@H](O)CC(O)[C@H](O)C1CO. The average Bonchev–Trinajstić information content (AvgIpc) is 2.34. The van der Waals surface area contributed by atoms with E-state index in [0.717, 1.165) is 19.4 Å². The Balaban J connectivity index is 2.69. The van der Waals surface area contributed by atoms with E-state index in [0.29, 0.717) is 6.54 Å². The molecule has 1 aliphatic heterocycles. The van der Waals surface area contributed by atoms with E-state index >= 15 is 0 Å². The number of hydrogen-bond acceptors (Lipinski definition) is 5. The predicted octanol–water partition coefficient (Wildman–Crippen LogP) is -1.06. The van der Waals surface area contributed by atoms with E-state index in [9.17, 15) is 20.4 Å². The van der Waals surface area contributed by atoms with Gasteiger partial charge in [-0.25, -0.2) is 0 Å². The second kappa shape index (κ2) is 6.51. The molecule has 96 valence electrons. The predicted molar refractivity (Wildman–Crippen MR) is 60.0 cm³/mol. The molecule has 5 heteroatoms. The van der Waals surface area contributed by atoms with Gasteiger partial charge in [-0.15, -0.1) is 0 Å². The Labute approximate surface area is 96.3 Å². The molecule has 1 aliphatic rings. The van der Waals surface area contributed by atoms with Crippen molar-refractivity contribution in [1.82, 2.24) is 4.90 Å².